The van der Waals surface area contributed by atoms with Gasteiger partial charge in [0.25, 0.3) is 0 Å². The predicted molar refractivity (Wildman–Crippen MR) is 52.7 cm³/mol. The molecule has 0 bridgehead atoms. The third-order valence-corrected chi connectivity index (χ3v) is 1.10. The van der Waals surface area contributed by atoms with Crippen molar-refractivity contribution in [3.63, 3.8) is 0 Å². The average Bonchev–Trinajstić information content (AvgIpc) is 1.59. The molecule has 0 radical (unpaired) electrons. The minimum atomic E-state index is -0.595. The molecule has 0 rings (SSSR count). The van der Waals surface area contributed by atoms with Crippen molar-refractivity contribution in [2.24, 2.45) is 0 Å². The second-order valence-corrected chi connectivity index (χ2v) is 4.81. The van der Waals surface area contributed by atoms with Gasteiger partial charge in [-0.3, -0.25) is 0 Å². The Balaban J connectivity index is 3.52. The van der Waals surface area contributed by atoms with Gasteiger partial charge in [-0.1, -0.05) is 12.2 Å². The van der Waals surface area contributed by atoms with E-state index >= 15 is 0 Å². The monoisotopic (exact) mass is 184 g/mol. The van der Waals surface area contributed by atoms with Gasteiger partial charge in [0.1, 0.15) is 3.41 Å². The van der Waals surface area contributed by atoms with E-state index in [4.69, 9.17) is 0 Å². The number of hydrogen-bond acceptors (Lipinski definition) is 4. The van der Waals surface area contributed by atoms with Crippen LogP contribution in [-0.4, -0.2) is 9.16 Å². The molecule has 0 spiro atoms. The highest BCUT2D eigenvalue weighted by Gasteiger charge is 2.05. The van der Waals surface area contributed by atoms with Gasteiger partial charge < -0.3 is 0 Å². The topological polar surface area (TPSA) is 0 Å². The van der Waals surface area contributed by atoms with Crippen molar-refractivity contribution < 1.29 is 0 Å². The number of rotatable bonds is 2. The zero-order valence-electron chi connectivity index (χ0n) is 4.15. The molecule has 0 aliphatic carbocycles. The van der Waals surface area contributed by atoms with E-state index in [0.717, 1.165) is 0 Å². The van der Waals surface area contributed by atoms with Crippen molar-refractivity contribution in [1.29, 1.82) is 0 Å². The lowest BCUT2D eigenvalue weighted by atomic mass is 10.6. The van der Waals surface area contributed by atoms with Crippen LogP contribution in [0.2, 0.25) is 0 Å². The van der Waals surface area contributed by atoms with E-state index in [9.17, 15) is 0 Å². The van der Waals surface area contributed by atoms with Crippen LogP contribution >= 0.6 is 50.5 Å². The Hall–Kier alpha value is 1.14. The third-order valence-electron chi connectivity index (χ3n) is 0.447. The average molecular weight is 184 g/mol. The summed E-state index contributed by atoms with van der Waals surface area (Å²) in [5, 5.41) is 0. The van der Waals surface area contributed by atoms with E-state index in [-0.39, 0.29) is 0 Å². The predicted octanol–water partition coefficient (Wildman–Crippen LogP) is 1.92. The summed E-state index contributed by atoms with van der Waals surface area (Å²) in [6, 6.07) is 0. The summed E-state index contributed by atoms with van der Waals surface area (Å²) in [5.74, 6) is 0.698. The number of hydrogen-bond donors (Lipinski definition) is 4. The fourth-order valence-corrected chi connectivity index (χ4v) is 0.632. The first-order valence-electron chi connectivity index (χ1n) is 2.02. The van der Waals surface area contributed by atoms with Crippen molar-refractivity contribution in [3.8, 4) is 0 Å². The van der Waals surface area contributed by atoms with E-state index in [1.807, 2.05) is 6.08 Å². The van der Waals surface area contributed by atoms with Gasteiger partial charge in [-0.05, 0) is 0 Å². The first-order valence-corrected chi connectivity index (χ1v) is 3.99. The van der Waals surface area contributed by atoms with Gasteiger partial charge >= 0.3 is 0 Å². The lowest BCUT2D eigenvalue weighted by Gasteiger charge is -2.06. The molecular formula is C4H8S4. The van der Waals surface area contributed by atoms with Crippen LogP contribution in [0.4, 0.5) is 0 Å². The summed E-state index contributed by atoms with van der Waals surface area (Å²) in [5.41, 5.74) is 0. The molecule has 0 nitrogen and oxygen atoms in total. The normalized spacial score (nSPS) is 13.0. The Bertz CT molecular complexity index is 80.5. The van der Waals surface area contributed by atoms with E-state index in [1.54, 1.807) is 6.08 Å². The molecule has 0 saturated heterocycles. The molecule has 0 fully saturated rings. The molecule has 0 aliphatic rings. The van der Waals surface area contributed by atoms with E-state index in [0.29, 0.717) is 5.75 Å². The third kappa shape index (κ3) is 7.14. The zero-order chi connectivity index (χ0) is 6.62. The fraction of sp³-hybridized carbons (Fsp3) is 0.500. The van der Waals surface area contributed by atoms with Gasteiger partial charge in [0, 0.05) is 5.75 Å². The molecule has 48 valence electrons. The van der Waals surface area contributed by atoms with Gasteiger partial charge in [0.2, 0.25) is 0 Å². The molecule has 0 heterocycles. The van der Waals surface area contributed by atoms with Crippen molar-refractivity contribution in [2.75, 3.05) is 5.75 Å². The van der Waals surface area contributed by atoms with Crippen molar-refractivity contribution in [2.45, 2.75) is 3.41 Å². The Kier molecular flexibility index (Phi) is 4.61. The van der Waals surface area contributed by atoms with Crippen molar-refractivity contribution in [1.82, 2.24) is 0 Å². The minimum absolute atomic E-state index is 0.595. The van der Waals surface area contributed by atoms with Crippen LogP contribution in [0.15, 0.2) is 12.2 Å². The highest BCUT2D eigenvalue weighted by molar-refractivity contribution is 8.17. The van der Waals surface area contributed by atoms with Crippen LogP contribution < -0.4 is 0 Å². The molecule has 0 aromatic heterocycles. The smallest absolute Gasteiger partial charge is 0.117 e. The highest BCUT2D eigenvalue weighted by atomic mass is 32.2. The molecular weight excluding hydrogens is 176 g/mol. The SMILES string of the molecule is SC/C=C/C(S)(S)S. The Morgan fingerprint density at radius 2 is 1.75 bits per heavy atom. The molecule has 0 saturated carbocycles. The maximum absolute atomic E-state index is 4.00. The Labute approximate surface area is 71.8 Å². The fourth-order valence-electron chi connectivity index (χ4n) is 0.211. The summed E-state index contributed by atoms with van der Waals surface area (Å²) < 4.78 is -0.595. The maximum atomic E-state index is 4.00. The van der Waals surface area contributed by atoms with E-state index in [1.165, 1.54) is 0 Å². The van der Waals surface area contributed by atoms with Crippen LogP contribution in [0.5, 0.6) is 0 Å². The lowest BCUT2D eigenvalue weighted by molar-refractivity contribution is 1.55. The molecule has 0 aromatic carbocycles. The van der Waals surface area contributed by atoms with Gasteiger partial charge in [-0.15, -0.1) is 37.9 Å². The van der Waals surface area contributed by atoms with Crippen LogP contribution in [-0.2, 0) is 0 Å². The van der Waals surface area contributed by atoms with Gasteiger partial charge in [0.15, 0.2) is 0 Å². The lowest BCUT2D eigenvalue weighted by Crippen LogP contribution is -1.94. The largest absolute Gasteiger partial charge is 0.175 e. The summed E-state index contributed by atoms with van der Waals surface area (Å²) in [7, 11) is 0. The standard InChI is InChI=1S/C4H8S4/c5-3-1-2-4(6,7)8/h1-2,5-8H,3H2/b2-1+. The van der Waals surface area contributed by atoms with Gasteiger partial charge in [-0.2, -0.15) is 12.6 Å². The number of thiol groups is 4. The molecule has 0 atom stereocenters. The summed E-state index contributed by atoms with van der Waals surface area (Å²) in [6.45, 7) is 0. The molecule has 0 aromatic rings. The molecule has 0 amide bonds. The van der Waals surface area contributed by atoms with Gasteiger partial charge in [0.05, 0.1) is 0 Å². The van der Waals surface area contributed by atoms with Crippen LogP contribution in [0.25, 0.3) is 0 Å². The van der Waals surface area contributed by atoms with Crippen LogP contribution in [0.3, 0.4) is 0 Å². The Morgan fingerprint density at radius 3 is 1.88 bits per heavy atom. The molecule has 0 unspecified atom stereocenters. The summed E-state index contributed by atoms with van der Waals surface area (Å²) in [6.07, 6.45) is 3.60. The van der Waals surface area contributed by atoms with Crippen LogP contribution in [0, 0.1) is 0 Å². The zero-order valence-corrected chi connectivity index (χ0v) is 7.73. The minimum Gasteiger partial charge on any atom is -0.175 e. The molecule has 8 heavy (non-hydrogen) atoms. The van der Waals surface area contributed by atoms with Gasteiger partial charge in [-0.25, -0.2) is 0 Å². The van der Waals surface area contributed by atoms with Crippen molar-refractivity contribution in [3.05, 3.63) is 12.2 Å². The summed E-state index contributed by atoms with van der Waals surface area (Å²) >= 11 is 15.9. The first kappa shape index (κ1) is 9.14. The van der Waals surface area contributed by atoms with Crippen molar-refractivity contribution >= 4 is 50.5 Å². The molecule has 4 heteroatoms. The summed E-state index contributed by atoms with van der Waals surface area (Å²) in [4.78, 5) is 0. The first-order chi connectivity index (χ1) is 3.56. The Morgan fingerprint density at radius 1 is 1.25 bits per heavy atom. The van der Waals surface area contributed by atoms with E-state index < -0.39 is 3.41 Å². The van der Waals surface area contributed by atoms with E-state index in [2.05, 4.69) is 50.5 Å². The molecule has 0 aliphatic heterocycles. The maximum Gasteiger partial charge on any atom is 0.117 e. The second-order valence-electron chi connectivity index (χ2n) is 1.27. The quantitative estimate of drug-likeness (QED) is 0.281. The van der Waals surface area contributed by atoms with Crippen LogP contribution in [0.1, 0.15) is 0 Å². The highest BCUT2D eigenvalue weighted by Crippen LogP contribution is 2.25. The second kappa shape index (κ2) is 4.04. The molecule has 0 N–H and O–H groups in total.